The summed E-state index contributed by atoms with van der Waals surface area (Å²) in [5, 5.41) is 0. The molecular formula is C9H12Br2ClNS. The molecule has 0 unspecified atom stereocenters. The molecule has 1 aromatic heterocycles. The Kier molecular flexibility index (Phi) is 7.34. The highest BCUT2D eigenvalue weighted by Crippen LogP contribution is 2.35. The number of halogens is 3. The molecule has 0 aromatic carbocycles. The predicted octanol–water partition coefficient (Wildman–Crippen LogP) is 4.66. The average Bonchev–Trinajstić information content (AvgIpc) is 2.43. The van der Waals surface area contributed by atoms with Gasteiger partial charge in [-0.15, -0.1) is 30.3 Å². The van der Waals surface area contributed by atoms with E-state index in [9.17, 15) is 0 Å². The monoisotopic (exact) mass is 359 g/mol. The first kappa shape index (κ1) is 14.6. The van der Waals surface area contributed by atoms with Crippen LogP contribution in [0.4, 0.5) is 0 Å². The summed E-state index contributed by atoms with van der Waals surface area (Å²) < 4.78 is 2.19. The van der Waals surface area contributed by atoms with E-state index in [-0.39, 0.29) is 18.4 Å². The highest BCUT2D eigenvalue weighted by molar-refractivity contribution is 9.13. The molecule has 14 heavy (non-hydrogen) atoms. The largest absolute Gasteiger partial charge is 0.323 e. The minimum Gasteiger partial charge on any atom is -0.323 e. The molecule has 0 bridgehead atoms. The number of thiophene rings is 1. The molecule has 0 radical (unpaired) electrons. The highest BCUT2D eigenvalue weighted by Gasteiger charge is 2.10. The third kappa shape index (κ3) is 4.03. The molecule has 0 aliphatic carbocycles. The van der Waals surface area contributed by atoms with Gasteiger partial charge in [0.15, 0.2) is 0 Å². The van der Waals surface area contributed by atoms with E-state index in [0.29, 0.717) is 0 Å². The van der Waals surface area contributed by atoms with Crippen LogP contribution in [0.25, 0.3) is 0 Å². The van der Waals surface area contributed by atoms with Gasteiger partial charge in [0.05, 0.1) is 3.79 Å². The molecule has 0 saturated carbocycles. The number of rotatable bonds is 4. The molecule has 0 fully saturated rings. The zero-order chi connectivity index (χ0) is 9.84. The Labute approximate surface area is 111 Å². The molecule has 1 aromatic rings. The summed E-state index contributed by atoms with van der Waals surface area (Å²) in [5.41, 5.74) is 5.98. The number of allylic oxidation sites excluding steroid dienone is 1. The second kappa shape index (κ2) is 7.01. The van der Waals surface area contributed by atoms with E-state index in [1.54, 1.807) is 11.3 Å². The average molecular weight is 362 g/mol. The molecule has 0 aliphatic heterocycles. The Hall–Kier alpha value is 0.650. The van der Waals surface area contributed by atoms with E-state index in [2.05, 4.69) is 44.5 Å². The van der Waals surface area contributed by atoms with Gasteiger partial charge in [-0.3, -0.25) is 0 Å². The minimum absolute atomic E-state index is 0. The van der Waals surface area contributed by atoms with Crippen molar-refractivity contribution in [3.05, 3.63) is 31.9 Å². The highest BCUT2D eigenvalue weighted by atomic mass is 79.9. The maximum absolute atomic E-state index is 5.98. The second-order valence-electron chi connectivity index (χ2n) is 2.74. The zero-order valence-electron chi connectivity index (χ0n) is 7.50. The molecule has 1 atom stereocenters. The molecule has 0 amide bonds. The van der Waals surface area contributed by atoms with Crippen molar-refractivity contribution < 1.29 is 0 Å². The van der Waals surface area contributed by atoms with Crippen molar-refractivity contribution in [2.75, 3.05) is 0 Å². The lowest BCUT2D eigenvalue weighted by Crippen LogP contribution is -2.07. The van der Waals surface area contributed by atoms with E-state index in [1.807, 2.05) is 6.08 Å². The van der Waals surface area contributed by atoms with Gasteiger partial charge in [-0.1, -0.05) is 6.08 Å². The van der Waals surface area contributed by atoms with E-state index in [4.69, 9.17) is 5.73 Å². The standard InChI is InChI=1S/C9H11Br2NS.ClH/c1-2-3-4-7(12)8-5-6(10)9(11)13-8;/h2,5,7H,1,3-4,12H2;1H/t7-;/m0./s1. The Bertz CT molecular complexity index is 282. The fourth-order valence-electron chi connectivity index (χ4n) is 0.986. The van der Waals surface area contributed by atoms with Crippen LogP contribution in [-0.4, -0.2) is 0 Å². The van der Waals surface area contributed by atoms with Crippen LogP contribution in [0.3, 0.4) is 0 Å². The maximum Gasteiger partial charge on any atom is 0.0843 e. The van der Waals surface area contributed by atoms with Gasteiger partial charge in [-0.25, -0.2) is 0 Å². The lowest BCUT2D eigenvalue weighted by atomic mass is 10.1. The summed E-state index contributed by atoms with van der Waals surface area (Å²) in [4.78, 5) is 1.21. The first-order valence-electron chi connectivity index (χ1n) is 3.96. The van der Waals surface area contributed by atoms with Crippen molar-refractivity contribution in [3.8, 4) is 0 Å². The van der Waals surface area contributed by atoms with Crippen molar-refractivity contribution in [2.45, 2.75) is 18.9 Å². The van der Waals surface area contributed by atoms with Crippen LogP contribution in [0.1, 0.15) is 23.8 Å². The summed E-state index contributed by atoms with van der Waals surface area (Å²) in [5.74, 6) is 0. The molecule has 1 rings (SSSR count). The molecule has 2 N–H and O–H groups in total. The van der Waals surface area contributed by atoms with Crippen LogP contribution in [0, 0.1) is 0 Å². The van der Waals surface area contributed by atoms with E-state index in [1.165, 1.54) is 4.88 Å². The zero-order valence-corrected chi connectivity index (χ0v) is 12.3. The lowest BCUT2D eigenvalue weighted by Gasteiger charge is -2.06. The predicted molar refractivity (Wildman–Crippen MR) is 73.3 cm³/mol. The molecule has 5 heteroatoms. The Balaban J connectivity index is 0.00000169. The summed E-state index contributed by atoms with van der Waals surface area (Å²) in [6, 6.07) is 2.20. The van der Waals surface area contributed by atoms with Crippen molar-refractivity contribution in [1.29, 1.82) is 0 Å². The SMILES string of the molecule is C=CCC[C@H](N)c1cc(Br)c(Br)s1.Cl. The number of hydrogen-bond acceptors (Lipinski definition) is 2. The fourth-order valence-corrected chi connectivity index (χ4v) is 3.11. The van der Waals surface area contributed by atoms with Crippen LogP contribution in [-0.2, 0) is 0 Å². The van der Waals surface area contributed by atoms with Gasteiger partial charge in [-0.05, 0) is 50.8 Å². The molecule has 0 saturated heterocycles. The minimum atomic E-state index is 0. The Morgan fingerprint density at radius 2 is 2.21 bits per heavy atom. The van der Waals surface area contributed by atoms with Gasteiger partial charge >= 0.3 is 0 Å². The van der Waals surface area contributed by atoms with Crippen molar-refractivity contribution >= 4 is 55.6 Å². The van der Waals surface area contributed by atoms with Crippen LogP contribution < -0.4 is 5.73 Å². The van der Waals surface area contributed by atoms with Gasteiger partial charge in [0.1, 0.15) is 0 Å². The number of nitrogens with two attached hydrogens (primary N) is 1. The third-order valence-corrected chi connectivity index (χ3v) is 5.10. The van der Waals surface area contributed by atoms with Crippen molar-refractivity contribution in [2.24, 2.45) is 5.73 Å². The van der Waals surface area contributed by atoms with Crippen molar-refractivity contribution in [1.82, 2.24) is 0 Å². The lowest BCUT2D eigenvalue weighted by molar-refractivity contribution is 0.672. The molecule has 0 spiro atoms. The molecule has 1 heterocycles. The summed E-state index contributed by atoms with van der Waals surface area (Å²) in [7, 11) is 0. The smallest absolute Gasteiger partial charge is 0.0843 e. The van der Waals surface area contributed by atoms with Gasteiger partial charge in [0, 0.05) is 15.4 Å². The maximum atomic E-state index is 5.98. The second-order valence-corrected chi connectivity index (χ2v) is 6.00. The molecular weight excluding hydrogens is 349 g/mol. The van der Waals surface area contributed by atoms with Crippen LogP contribution in [0.2, 0.25) is 0 Å². The van der Waals surface area contributed by atoms with Gasteiger partial charge < -0.3 is 5.73 Å². The normalized spacial score (nSPS) is 11.9. The summed E-state index contributed by atoms with van der Waals surface area (Å²) >= 11 is 8.57. The molecule has 0 aliphatic rings. The van der Waals surface area contributed by atoms with E-state index < -0.39 is 0 Å². The van der Waals surface area contributed by atoms with Crippen LogP contribution >= 0.6 is 55.6 Å². The third-order valence-electron chi connectivity index (χ3n) is 1.71. The van der Waals surface area contributed by atoms with E-state index >= 15 is 0 Å². The van der Waals surface area contributed by atoms with Crippen LogP contribution in [0.5, 0.6) is 0 Å². The fraction of sp³-hybridized carbons (Fsp3) is 0.333. The van der Waals surface area contributed by atoms with Crippen molar-refractivity contribution in [3.63, 3.8) is 0 Å². The Morgan fingerprint density at radius 3 is 2.64 bits per heavy atom. The van der Waals surface area contributed by atoms with E-state index in [0.717, 1.165) is 21.1 Å². The van der Waals surface area contributed by atoms with Gasteiger partial charge in [-0.2, -0.15) is 0 Å². The topological polar surface area (TPSA) is 26.0 Å². The van der Waals surface area contributed by atoms with Gasteiger partial charge in [0.2, 0.25) is 0 Å². The Morgan fingerprint density at radius 1 is 1.57 bits per heavy atom. The van der Waals surface area contributed by atoms with Crippen LogP contribution in [0.15, 0.2) is 27.0 Å². The molecule has 80 valence electrons. The first-order chi connectivity index (χ1) is 6.15. The quantitative estimate of drug-likeness (QED) is 0.776. The van der Waals surface area contributed by atoms with Gasteiger partial charge in [0.25, 0.3) is 0 Å². The number of hydrogen-bond donors (Lipinski definition) is 1. The summed E-state index contributed by atoms with van der Waals surface area (Å²) in [6.45, 7) is 3.68. The first-order valence-corrected chi connectivity index (χ1v) is 6.36. The molecule has 1 nitrogen and oxygen atoms in total. The summed E-state index contributed by atoms with van der Waals surface area (Å²) in [6.07, 6.45) is 3.83.